The van der Waals surface area contributed by atoms with Gasteiger partial charge < -0.3 is 39.6 Å². The normalized spacial score (nSPS) is 13.9. The van der Waals surface area contributed by atoms with Crippen LogP contribution in [0.15, 0.2) is 121 Å². The van der Waals surface area contributed by atoms with Crippen LogP contribution >= 0.6 is 0 Å². The van der Waals surface area contributed by atoms with Crippen LogP contribution in [0.3, 0.4) is 0 Å². The van der Waals surface area contributed by atoms with Crippen LogP contribution in [0.1, 0.15) is 144 Å². The molecule has 0 aliphatic rings. The lowest BCUT2D eigenvalue weighted by Gasteiger charge is -2.49. The molecule has 16 nitrogen and oxygen atoms in total. The second-order valence-corrected chi connectivity index (χ2v) is 36.1. The molecular weight excluding hydrogens is 1110 g/mol. The maximum Gasteiger partial charge on any atom is 0.407 e. The molecule has 0 spiro atoms. The first-order valence-electron chi connectivity index (χ1n) is 29.9. The monoisotopic (exact) mass is 1200 g/mol. The molecule has 85 heavy (non-hydrogen) atoms. The lowest BCUT2D eigenvalue weighted by molar-refractivity contribution is -0.156. The Morgan fingerprint density at radius 2 is 0.906 bits per heavy atom. The van der Waals surface area contributed by atoms with Crippen LogP contribution in [0.2, 0.25) is 30.7 Å². The van der Waals surface area contributed by atoms with Crippen molar-refractivity contribution in [1.29, 1.82) is 0 Å². The Kier molecular flexibility index (Phi) is 26.6. The molecule has 4 amide bonds. The standard InChI is InChI=1S/C67H96N4O12Si2/c1-46(2)85(47(3)4,67(11,12)53-37-26-19-27-38-53)83-64(79)71-54(41-49-32-22-17-23-33-49)57(72)43-51(36-28-29-39-68-63(78)81-66(8,9)10)60(75)69-55(45-59(74)80-65(5,6)7)58(73)44-52(40-48-30-20-16-21-31-48)61(76)70-56(62(77)82-84(13,14)15)42-50-34-24-18-25-35-50/h16-27,30-35,37-38,46-47,51-52,54-56H,28-29,36,39-45H2,1-15H3,(H,68,78)(H,69,75)(H,70,76)(H,71,79)/t51-,52-,54+,55+,56+/m1/s1. The van der Waals surface area contributed by atoms with Crippen LogP contribution in [0.4, 0.5) is 9.59 Å². The molecule has 4 aromatic carbocycles. The fourth-order valence-corrected chi connectivity index (χ4v) is 17.7. The van der Waals surface area contributed by atoms with Crippen molar-refractivity contribution in [2.45, 2.75) is 206 Å². The van der Waals surface area contributed by atoms with Crippen LogP contribution < -0.4 is 21.3 Å². The zero-order valence-corrected chi connectivity index (χ0v) is 55.1. The number of amides is 4. The second kappa shape index (κ2) is 32.0. The molecule has 4 aromatic rings. The van der Waals surface area contributed by atoms with E-state index < -0.39 is 130 Å². The summed E-state index contributed by atoms with van der Waals surface area (Å²) in [5.41, 5.74) is 1.44. The molecular formula is C67H96N4O12Si2. The molecule has 0 radical (unpaired) electrons. The predicted molar refractivity (Wildman–Crippen MR) is 337 cm³/mol. The lowest BCUT2D eigenvalue weighted by Crippen LogP contribution is -2.62. The molecule has 18 heteroatoms. The first kappa shape index (κ1) is 70.6. The number of carbonyl (C=O) groups is 8. The maximum absolute atomic E-state index is 15.1. The van der Waals surface area contributed by atoms with Gasteiger partial charge >= 0.3 is 24.1 Å². The third-order valence-electron chi connectivity index (χ3n) is 14.8. The molecule has 0 unspecified atom stereocenters. The number of unbranched alkanes of at least 4 members (excludes halogenated alkanes) is 1. The van der Waals surface area contributed by atoms with Gasteiger partial charge in [0, 0.05) is 42.7 Å². The van der Waals surface area contributed by atoms with Crippen LogP contribution in [0, 0.1) is 11.8 Å². The molecule has 5 atom stereocenters. The van der Waals surface area contributed by atoms with Gasteiger partial charge in [0.15, 0.2) is 11.6 Å². The fourth-order valence-electron chi connectivity index (χ4n) is 11.0. The van der Waals surface area contributed by atoms with E-state index in [9.17, 15) is 24.0 Å². The summed E-state index contributed by atoms with van der Waals surface area (Å²) in [4.78, 5) is 115. The Morgan fingerprint density at radius 3 is 1.39 bits per heavy atom. The van der Waals surface area contributed by atoms with Crippen LogP contribution in [-0.4, -0.2) is 100 Å². The molecule has 0 heterocycles. The number of ketones is 2. The Labute approximate surface area is 507 Å². The van der Waals surface area contributed by atoms with Gasteiger partial charge in [-0.3, -0.25) is 28.8 Å². The topological polar surface area (TPSA) is 222 Å². The van der Waals surface area contributed by atoms with Crippen molar-refractivity contribution < 1.29 is 56.7 Å². The molecule has 0 aromatic heterocycles. The van der Waals surface area contributed by atoms with E-state index in [1.165, 1.54) is 0 Å². The van der Waals surface area contributed by atoms with E-state index in [0.29, 0.717) is 12.8 Å². The Morgan fingerprint density at radius 1 is 0.471 bits per heavy atom. The summed E-state index contributed by atoms with van der Waals surface area (Å²) in [5, 5.41) is 10.9. The van der Waals surface area contributed by atoms with Gasteiger partial charge in [-0.25, -0.2) is 9.59 Å². The second-order valence-electron chi connectivity index (χ2n) is 26.4. The number of hydrogen-bond donors (Lipinski definition) is 4. The number of alkyl carbamates (subject to hydrolysis) is 1. The Hall–Kier alpha value is -6.93. The molecule has 464 valence electrons. The fraction of sp³-hybridized carbons (Fsp3) is 0.522. The van der Waals surface area contributed by atoms with Gasteiger partial charge in [-0.15, -0.1) is 0 Å². The number of Topliss-reactive ketones (excluding diaryl/α,β-unsaturated/α-hetero) is 2. The van der Waals surface area contributed by atoms with E-state index in [1.54, 1.807) is 53.7 Å². The van der Waals surface area contributed by atoms with Crippen LogP contribution in [0.5, 0.6) is 0 Å². The van der Waals surface area contributed by atoms with E-state index in [2.05, 4.69) is 62.8 Å². The van der Waals surface area contributed by atoms with Crippen molar-refractivity contribution in [3.8, 4) is 0 Å². The predicted octanol–water partition coefficient (Wildman–Crippen LogP) is 12.0. The molecule has 0 saturated heterocycles. The number of hydrogen-bond acceptors (Lipinski definition) is 12. The van der Waals surface area contributed by atoms with E-state index in [1.807, 2.05) is 129 Å². The zero-order chi connectivity index (χ0) is 63.3. The SMILES string of the molecule is CC(C)[Si](OC(=O)N[C@@H](Cc1ccccc1)C(=O)C[C@@H](CCCCNC(=O)OC(C)(C)C)C(=O)N[C@@H](CC(=O)OC(C)(C)C)C(=O)C[C@@H](Cc1ccccc1)C(=O)N[C@@H](Cc1ccccc1)C(=O)O[Si](C)(C)C)(C(C)C)C(C)(C)c1ccccc1. The van der Waals surface area contributed by atoms with Gasteiger partial charge in [0.2, 0.25) is 20.1 Å². The number of nitrogens with one attached hydrogen (secondary N) is 4. The molecule has 0 fully saturated rings. The average Bonchev–Trinajstić information content (AvgIpc) is 0.943. The molecule has 0 bridgehead atoms. The summed E-state index contributed by atoms with van der Waals surface area (Å²) >= 11 is 0. The van der Waals surface area contributed by atoms with Crippen molar-refractivity contribution in [2.24, 2.45) is 11.8 Å². The zero-order valence-electron chi connectivity index (χ0n) is 53.1. The first-order chi connectivity index (χ1) is 39.7. The summed E-state index contributed by atoms with van der Waals surface area (Å²) < 4.78 is 23.8. The van der Waals surface area contributed by atoms with Gasteiger partial charge in [0.25, 0.3) is 8.32 Å². The van der Waals surface area contributed by atoms with Crippen LogP contribution in [-0.2, 0) is 71.4 Å². The third kappa shape index (κ3) is 23.5. The van der Waals surface area contributed by atoms with Crippen molar-refractivity contribution >= 4 is 64.1 Å². The van der Waals surface area contributed by atoms with Crippen molar-refractivity contribution in [2.75, 3.05) is 6.54 Å². The molecule has 0 aliphatic heterocycles. The molecule has 0 aliphatic carbocycles. The van der Waals surface area contributed by atoms with Gasteiger partial charge in [-0.05, 0) is 120 Å². The first-order valence-corrected chi connectivity index (χ1v) is 35.4. The average molecular weight is 1210 g/mol. The number of carbonyl (C=O) groups excluding carboxylic acids is 8. The van der Waals surface area contributed by atoms with Gasteiger partial charge in [-0.2, -0.15) is 0 Å². The molecule has 4 N–H and O–H groups in total. The Bertz CT molecular complexity index is 2800. The summed E-state index contributed by atoms with van der Waals surface area (Å²) in [7, 11) is -5.60. The minimum absolute atomic E-state index is 0.0518. The van der Waals surface area contributed by atoms with Crippen molar-refractivity contribution in [1.82, 2.24) is 21.3 Å². The minimum Gasteiger partial charge on any atom is -0.518 e. The van der Waals surface area contributed by atoms with Gasteiger partial charge in [-0.1, -0.05) is 169 Å². The highest BCUT2D eigenvalue weighted by Crippen LogP contribution is 2.48. The minimum atomic E-state index is -3.15. The smallest absolute Gasteiger partial charge is 0.407 e. The van der Waals surface area contributed by atoms with Crippen LogP contribution in [0.25, 0.3) is 0 Å². The Balaban J connectivity index is 1.75. The van der Waals surface area contributed by atoms with Crippen molar-refractivity contribution in [3.63, 3.8) is 0 Å². The van der Waals surface area contributed by atoms with E-state index >= 15 is 14.4 Å². The van der Waals surface area contributed by atoms with Gasteiger partial charge in [0.05, 0.1) is 18.5 Å². The van der Waals surface area contributed by atoms with Gasteiger partial charge in [0.1, 0.15) is 17.2 Å². The summed E-state index contributed by atoms with van der Waals surface area (Å²) in [6.07, 6.45) is -1.84. The number of rotatable bonds is 31. The lowest BCUT2D eigenvalue weighted by atomic mass is 9.88. The largest absolute Gasteiger partial charge is 0.518 e. The summed E-state index contributed by atoms with van der Waals surface area (Å²) in [5.74, 6) is -6.12. The van der Waals surface area contributed by atoms with E-state index in [4.69, 9.17) is 18.3 Å². The highest BCUT2D eigenvalue weighted by atomic mass is 28.4. The highest BCUT2D eigenvalue weighted by Gasteiger charge is 2.58. The molecule has 4 rings (SSSR count). The molecule has 0 saturated carbocycles. The number of esters is 1. The van der Waals surface area contributed by atoms with E-state index in [-0.39, 0.29) is 43.3 Å². The van der Waals surface area contributed by atoms with E-state index in [0.717, 1.165) is 22.3 Å². The summed E-state index contributed by atoms with van der Waals surface area (Å²) in [6.45, 7) is 28.5. The summed E-state index contributed by atoms with van der Waals surface area (Å²) in [6, 6.07) is 33.6. The third-order valence-corrected chi connectivity index (χ3v) is 21.8. The van der Waals surface area contributed by atoms with Crippen molar-refractivity contribution in [3.05, 3.63) is 144 Å². The highest BCUT2D eigenvalue weighted by molar-refractivity contribution is 6.80. The maximum atomic E-state index is 15.1. The number of benzene rings is 4. The quantitative estimate of drug-likeness (QED) is 0.0210. The number of ether oxygens (including phenoxy) is 2.